The summed E-state index contributed by atoms with van der Waals surface area (Å²) in [6.45, 7) is 4.59. The van der Waals surface area contributed by atoms with E-state index in [1.165, 1.54) is 5.48 Å². The zero-order valence-electron chi connectivity index (χ0n) is 14.0. The van der Waals surface area contributed by atoms with Crippen LogP contribution in [0.4, 0.5) is 10.5 Å². The molecule has 7 heteroatoms. The molecule has 1 aliphatic rings. The van der Waals surface area contributed by atoms with Gasteiger partial charge in [0.15, 0.2) is 0 Å². The molecule has 0 saturated carbocycles. The van der Waals surface area contributed by atoms with Gasteiger partial charge in [0, 0.05) is 16.5 Å². The van der Waals surface area contributed by atoms with Crippen molar-refractivity contribution in [2.75, 3.05) is 17.7 Å². The van der Waals surface area contributed by atoms with Gasteiger partial charge in [-0.1, -0.05) is 12.8 Å². The van der Waals surface area contributed by atoms with Gasteiger partial charge in [-0.25, -0.2) is 10.3 Å². The highest BCUT2D eigenvalue weighted by Crippen LogP contribution is 2.25. The Balaban J connectivity index is 0.000000648. The van der Waals surface area contributed by atoms with E-state index in [4.69, 9.17) is 14.7 Å². The summed E-state index contributed by atoms with van der Waals surface area (Å²) in [5, 5.41) is 7.75. The Morgan fingerprint density at radius 3 is 2.62 bits per heavy atom. The lowest BCUT2D eigenvalue weighted by Crippen LogP contribution is -2.25. The smallest absolute Gasteiger partial charge is 0.414 e. The molecule has 0 aromatic heterocycles. The summed E-state index contributed by atoms with van der Waals surface area (Å²) in [5.74, 6) is 5.85. The van der Waals surface area contributed by atoms with Crippen LogP contribution in [0.3, 0.4) is 0 Å². The number of thioether (sulfide) groups is 1. The normalized spacial score (nSPS) is 16.9. The maximum Gasteiger partial charge on any atom is 0.414 e. The van der Waals surface area contributed by atoms with Gasteiger partial charge < -0.3 is 4.74 Å². The fourth-order valence-electron chi connectivity index (χ4n) is 2.19. The molecule has 6 nitrogen and oxygen atoms in total. The van der Waals surface area contributed by atoms with E-state index in [1.807, 2.05) is 31.2 Å². The molecule has 0 bridgehead atoms. The van der Waals surface area contributed by atoms with Crippen molar-refractivity contribution in [2.45, 2.75) is 31.6 Å². The SMILES string of the molecule is CC#Cc1ccc(N2CC(CC(C)SC)OC2=O)cc1.O=CNO. The number of hydrogen-bond acceptors (Lipinski definition) is 5. The van der Waals surface area contributed by atoms with Crippen LogP contribution in [0, 0.1) is 11.8 Å². The Bertz CT molecular complexity index is 595. The van der Waals surface area contributed by atoms with E-state index in [1.54, 1.807) is 16.7 Å². The van der Waals surface area contributed by atoms with E-state index in [-0.39, 0.29) is 18.6 Å². The quantitative estimate of drug-likeness (QED) is 0.369. The van der Waals surface area contributed by atoms with Crippen LogP contribution in [-0.2, 0) is 9.53 Å². The molecule has 2 unspecified atom stereocenters. The summed E-state index contributed by atoms with van der Waals surface area (Å²) in [6, 6.07) is 7.69. The molecule has 1 aromatic rings. The number of nitrogens with one attached hydrogen (secondary N) is 1. The number of rotatable bonds is 5. The number of hydrogen-bond donors (Lipinski definition) is 2. The van der Waals surface area contributed by atoms with Crippen molar-refractivity contribution in [1.82, 2.24) is 5.48 Å². The summed E-state index contributed by atoms with van der Waals surface area (Å²) in [5.41, 5.74) is 3.08. The fourth-order valence-corrected chi connectivity index (χ4v) is 2.60. The van der Waals surface area contributed by atoms with Crippen LogP contribution in [-0.4, -0.2) is 41.9 Å². The maximum atomic E-state index is 11.9. The van der Waals surface area contributed by atoms with Crippen LogP contribution in [0.25, 0.3) is 0 Å². The standard InChI is InChI=1S/C16H19NO2S.CH3NO2/c1-4-5-13-6-8-14(9-7-13)17-11-15(19-16(17)18)10-12(2)20-3;3-1-2-4/h6-9,12,15H,10-11H2,1-3H3;1,4H,(H,2,3). The number of ether oxygens (including phenoxy) is 1. The van der Waals surface area contributed by atoms with Gasteiger partial charge in [0.25, 0.3) is 0 Å². The molecule has 0 spiro atoms. The molecule has 1 saturated heterocycles. The van der Waals surface area contributed by atoms with Gasteiger partial charge in [-0.2, -0.15) is 11.8 Å². The van der Waals surface area contributed by atoms with Crippen molar-refractivity contribution in [1.29, 1.82) is 0 Å². The van der Waals surface area contributed by atoms with Crippen LogP contribution < -0.4 is 10.4 Å². The average Bonchev–Trinajstić information content (AvgIpc) is 2.96. The monoisotopic (exact) mass is 350 g/mol. The first kappa shape index (κ1) is 19.9. The molecule has 2 amide bonds. The Hall–Kier alpha value is -2.17. The van der Waals surface area contributed by atoms with E-state index in [2.05, 4.69) is 25.0 Å². The molecule has 24 heavy (non-hydrogen) atoms. The number of anilines is 1. The number of nitrogens with zero attached hydrogens (tertiary/aromatic N) is 1. The summed E-state index contributed by atoms with van der Waals surface area (Å²) >= 11 is 1.79. The number of amides is 2. The second kappa shape index (κ2) is 10.6. The first-order valence-electron chi connectivity index (χ1n) is 7.42. The van der Waals surface area contributed by atoms with Crippen molar-refractivity contribution in [3.8, 4) is 11.8 Å². The highest BCUT2D eigenvalue weighted by Gasteiger charge is 2.32. The van der Waals surface area contributed by atoms with Crippen molar-refractivity contribution < 1.29 is 19.5 Å². The molecule has 1 aliphatic heterocycles. The molecule has 130 valence electrons. The highest BCUT2D eigenvalue weighted by molar-refractivity contribution is 7.99. The van der Waals surface area contributed by atoms with Crippen LogP contribution in [0.15, 0.2) is 24.3 Å². The Morgan fingerprint density at radius 1 is 1.50 bits per heavy atom. The number of benzene rings is 1. The molecular formula is C17H22N2O4S. The molecule has 0 aliphatic carbocycles. The molecule has 1 heterocycles. The lowest BCUT2D eigenvalue weighted by Gasteiger charge is -2.14. The van der Waals surface area contributed by atoms with Crippen LogP contribution in [0.5, 0.6) is 0 Å². The van der Waals surface area contributed by atoms with Crippen molar-refractivity contribution >= 4 is 30.0 Å². The largest absolute Gasteiger partial charge is 0.444 e. The van der Waals surface area contributed by atoms with E-state index in [0.717, 1.165) is 17.7 Å². The zero-order chi connectivity index (χ0) is 17.9. The predicted molar refractivity (Wildman–Crippen MR) is 95.2 cm³/mol. The van der Waals surface area contributed by atoms with Gasteiger partial charge >= 0.3 is 6.09 Å². The summed E-state index contributed by atoms with van der Waals surface area (Å²) in [6.07, 6.45) is 2.88. The lowest BCUT2D eigenvalue weighted by molar-refractivity contribution is -0.116. The highest BCUT2D eigenvalue weighted by atomic mass is 32.2. The van der Waals surface area contributed by atoms with Gasteiger partial charge in [0.1, 0.15) is 6.10 Å². The molecule has 1 fully saturated rings. The molecular weight excluding hydrogens is 328 g/mol. The van der Waals surface area contributed by atoms with Gasteiger partial charge in [-0.3, -0.25) is 14.9 Å². The summed E-state index contributed by atoms with van der Waals surface area (Å²) in [4.78, 5) is 22.4. The van der Waals surface area contributed by atoms with Crippen molar-refractivity contribution in [2.24, 2.45) is 0 Å². The van der Waals surface area contributed by atoms with Crippen LogP contribution in [0.1, 0.15) is 25.8 Å². The van der Waals surface area contributed by atoms with Gasteiger partial charge in [-0.05, 0) is 43.9 Å². The van der Waals surface area contributed by atoms with E-state index < -0.39 is 0 Å². The summed E-state index contributed by atoms with van der Waals surface area (Å²) in [7, 11) is 0. The third kappa shape index (κ3) is 6.14. The molecule has 0 radical (unpaired) electrons. The minimum Gasteiger partial charge on any atom is -0.444 e. The fraction of sp³-hybridized carbons (Fsp3) is 0.412. The minimum absolute atomic E-state index is 0.0138. The Kier molecular flexibility index (Phi) is 8.76. The van der Waals surface area contributed by atoms with E-state index in [9.17, 15) is 4.79 Å². The van der Waals surface area contributed by atoms with Gasteiger partial charge in [0.05, 0.1) is 6.54 Å². The van der Waals surface area contributed by atoms with Crippen LogP contribution >= 0.6 is 11.8 Å². The van der Waals surface area contributed by atoms with Crippen molar-refractivity contribution in [3.63, 3.8) is 0 Å². The first-order valence-corrected chi connectivity index (χ1v) is 8.71. The van der Waals surface area contributed by atoms with E-state index >= 15 is 0 Å². The average molecular weight is 350 g/mol. The van der Waals surface area contributed by atoms with Crippen LogP contribution in [0.2, 0.25) is 0 Å². The third-order valence-electron chi connectivity index (χ3n) is 3.37. The first-order chi connectivity index (χ1) is 11.5. The number of carbonyl (C=O) groups excluding carboxylic acids is 2. The molecule has 2 rings (SSSR count). The lowest BCUT2D eigenvalue weighted by atomic mass is 10.1. The molecule has 2 atom stereocenters. The topological polar surface area (TPSA) is 78.9 Å². The molecule has 2 N–H and O–H groups in total. The zero-order valence-corrected chi connectivity index (χ0v) is 14.8. The van der Waals surface area contributed by atoms with E-state index in [0.29, 0.717) is 11.8 Å². The molecule has 1 aromatic carbocycles. The van der Waals surface area contributed by atoms with Gasteiger partial charge in [0.2, 0.25) is 6.41 Å². The maximum absolute atomic E-state index is 11.9. The minimum atomic E-state index is -0.252. The summed E-state index contributed by atoms with van der Waals surface area (Å²) < 4.78 is 5.42. The van der Waals surface area contributed by atoms with Gasteiger partial charge in [-0.15, -0.1) is 5.92 Å². The number of carbonyl (C=O) groups is 2. The Morgan fingerprint density at radius 2 is 2.12 bits per heavy atom. The second-order valence-electron chi connectivity index (χ2n) is 5.07. The third-order valence-corrected chi connectivity index (χ3v) is 4.37. The second-order valence-corrected chi connectivity index (χ2v) is 6.34. The Labute approximate surface area is 146 Å². The van der Waals surface area contributed by atoms with Crippen molar-refractivity contribution in [3.05, 3.63) is 29.8 Å². The number of hydroxylamine groups is 1. The number of cyclic esters (lactones) is 1. The predicted octanol–water partition coefficient (Wildman–Crippen LogP) is 2.65.